The zero-order valence-corrected chi connectivity index (χ0v) is 13.7. The molecule has 0 saturated heterocycles. The molecule has 1 unspecified atom stereocenters. The van der Waals surface area contributed by atoms with E-state index in [4.69, 9.17) is 27.9 Å². The number of ether oxygens (including phenoxy) is 1. The Kier molecular flexibility index (Phi) is 5.08. The predicted octanol–water partition coefficient (Wildman–Crippen LogP) is 5.41. The van der Waals surface area contributed by atoms with Gasteiger partial charge in [-0.05, 0) is 53.2 Å². The van der Waals surface area contributed by atoms with Crippen molar-refractivity contribution < 1.29 is 9.53 Å². The predicted molar refractivity (Wildman–Crippen MR) is 85.0 cm³/mol. The molecule has 0 radical (unpaired) electrons. The summed E-state index contributed by atoms with van der Waals surface area (Å²) in [5, 5.41) is 1.12. The lowest BCUT2D eigenvalue weighted by molar-refractivity contribution is 0.0817. The largest absolute Gasteiger partial charge is 0.481 e. The van der Waals surface area contributed by atoms with E-state index in [0.717, 1.165) is 0 Å². The fourth-order valence-electron chi connectivity index (χ4n) is 1.69. The lowest BCUT2D eigenvalue weighted by atomic mass is 10.1. The molecule has 2 aromatic carbocycles. The number of ketones is 1. The summed E-state index contributed by atoms with van der Waals surface area (Å²) in [4.78, 5) is 12.3. The van der Waals surface area contributed by atoms with Crippen LogP contribution in [0.4, 0.5) is 0 Å². The smallest absolute Gasteiger partial charge is 0.203 e. The number of hydrogen-bond acceptors (Lipinski definition) is 2. The van der Waals surface area contributed by atoms with Gasteiger partial charge in [0.15, 0.2) is 6.10 Å². The molecule has 0 aliphatic heterocycles. The van der Waals surface area contributed by atoms with Gasteiger partial charge in [0.1, 0.15) is 5.75 Å². The van der Waals surface area contributed by atoms with E-state index in [1.807, 2.05) is 0 Å². The standard InChI is InChI=1S/C15H11BrCl2O2/c1-9(15(19)10-3-2-4-11(17)7-10)20-14-6-5-12(18)8-13(14)16/h2-9H,1H3. The first kappa shape index (κ1) is 15.4. The minimum absolute atomic E-state index is 0.130. The lowest BCUT2D eigenvalue weighted by Crippen LogP contribution is -2.24. The summed E-state index contributed by atoms with van der Waals surface area (Å²) >= 11 is 15.1. The normalized spacial score (nSPS) is 12.0. The Hall–Kier alpha value is -1.03. The molecular formula is C15H11BrCl2O2. The topological polar surface area (TPSA) is 26.3 Å². The van der Waals surface area contributed by atoms with Gasteiger partial charge in [-0.1, -0.05) is 35.3 Å². The number of rotatable bonds is 4. The number of Topliss-reactive ketones (excluding diaryl/α,β-unsaturated/α-hetero) is 1. The van der Waals surface area contributed by atoms with Crippen molar-refractivity contribution in [2.45, 2.75) is 13.0 Å². The Morgan fingerprint density at radius 1 is 1.15 bits per heavy atom. The van der Waals surface area contributed by atoms with Gasteiger partial charge < -0.3 is 4.74 Å². The minimum Gasteiger partial charge on any atom is -0.481 e. The quantitative estimate of drug-likeness (QED) is 0.670. The molecule has 1 atom stereocenters. The summed E-state index contributed by atoms with van der Waals surface area (Å²) in [5.41, 5.74) is 0.523. The summed E-state index contributed by atoms with van der Waals surface area (Å²) < 4.78 is 6.36. The Labute approximate surface area is 135 Å². The maximum absolute atomic E-state index is 12.3. The van der Waals surface area contributed by atoms with E-state index in [-0.39, 0.29) is 5.78 Å². The molecule has 5 heteroatoms. The van der Waals surface area contributed by atoms with Crippen LogP contribution in [0, 0.1) is 0 Å². The average molecular weight is 374 g/mol. The van der Waals surface area contributed by atoms with Crippen LogP contribution in [0.2, 0.25) is 10.0 Å². The molecule has 0 heterocycles. The molecule has 2 aromatic rings. The molecule has 20 heavy (non-hydrogen) atoms. The third kappa shape index (κ3) is 3.75. The van der Waals surface area contributed by atoms with Gasteiger partial charge in [0, 0.05) is 15.6 Å². The highest BCUT2D eigenvalue weighted by atomic mass is 79.9. The van der Waals surface area contributed by atoms with Gasteiger partial charge in [0.05, 0.1) is 4.47 Å². The SMILES string of the molecule is CC(Oc1ccc(Cl)cc1Br)C(=O)c1cccc(Cl)c1. The van der Waals surface area contributed by atoms with Crippen molar-refractivity contribution in [1.29, 1.82) is 0 Å². The second kappa shape index (κ2) is 6.61. The number of benzene rings is 2. The first-order valence-electron chi connectivity index (χ1n) is 5.89. The molecule has 0 fully saturated rings. The Morgan fingerprint density at radius 2 is 1.85 bits per heavy atom. The summed E-state index contributed by atoms with van der Waals surface area (Å²) in [5.74, 6) is 0.437. The molecule has 0 aliphatic rings. The van der Waals surface area contributed by atoms with Crippen molar-refractivity contribution in [3.05, 3.63) is 62.5 Å². The molecule has 0 aliphatic carbocycles. The average Bonchev–Trinajstić information content (AvgIpc) is 2.41. The number of halogens is 3. The summed E-state index contributed by atoms with van der Waals surface area (Å²) in [6.07, 6.45) is -0.619. The molecule has 2 nitrogen and oxygen atoms in total. The number of carbonyl (C=O) groups excluding carboxylic acids is 1. The van der Waals surface area contributed by atoms with Crippen LogP contribution >= 0.6 is 39.1 Å². The molecule has 0 saturated carbocycles. The maximum Gasteiger partial charge on any atom is 0.203 e. The van der Waals surface area contributed by atoms with Crippen molar-refractivity contribution in [3.8, 4) is 5.75 Å². The second-order valence-electron chi connectivity index (χ2n) is 4.21. The molecule has 0 aromatic heterocycles. The van der Waals surface area contributed by atoms with Crippen LogP contribution < -0.4 is 4.74 Å². The van der Waals surface area contributed by atoms with E-state index in [1.165, 1.54) is 0 Å². The van der Waals surface area contributed by atoms with Gasteiger partial charge in [0.25, 0.3) is 0 Å². The van der Waals surface area contributed by atoms with Gasteiger partial charge in [-0.15, -0.1) is 0 Å². The van der Waals surface area contributed by atoms with Crippen LogP contribution in [0.25, 0.3) is 0 Å². The van der Waals surface area contributed by atoms with Gasteiger partial charge >= 0.3 is 0 Å². The highest BCUT2D eigenvalue weighted by molar-refractivity contribution is 9.10. The van der Waals surface area contributed by atoms with Crippen LogP contribution in [0.15, 0.2) is 46.9 Å². The Bertz CT molecular complexity index is 644. The first-order valence-corrected chi connectivity index (χ1v) is 7.44. The number of hydrogen-bond donors (Lipinski definition) is 0. The maximum atomic E-state index is 12.3. The fraction of sp³-hybridized carbons (Fsp3) is 0.133. The van der Waals surface area contributed by atoms with E-state index in [9.17, 15) is 4.79 Å². The molecule has 0 bridgehead atoms. The Morgan fingerprint density at radius 3 is 2.50 bits per heavy atom. The highest BCUT2D eigenvalue weighted by Crippen LogP contribution is 2.29. The summed E-state index contributed by atoms with van der Waals surface area (Å²) in [7, 11) is 0. The summed E-state index contributed by atoms with van der Waals surface area (Å²) in [6, 6.07) is 11.9. The molecular weight excluding hydrogens is 363 g/mol. The van der Waals surface area contributed by atoms with E-state index < -0.39 is 6.10 Å². The van der Waals surface area contributed by atoms with Crippen LogP contribution in [0.3, 0.4) is 0 Å². The van der Waals surface area contributed by atoms with E-state index >= 15 is 0 Å². The van der Waals surface area contributed by atoms with Crippen molar-refractivity contribution >= 4 is 44.9 Å². The highest BCUT2D eigenvalue weighted by Gasteiger charge is 2.18. The van der Waals surface area contributed by atoms with Gasteiger partial charge in [0.2, 0.25) is 5.78 Å². The van der Waals surface area contributed by atoms with E-state index in [1.54, 1.807) is 49.4 Å². The summed E-state index contributed by atoms with van der Waals surface area (Å²) in [6.45, 7) is 1.70. The van der Waals surface area contributed by atoms with Crippen molar-refractivity contribution in [2.75, 3.05) is 0 Å². The second-order valence-corrected chi connectivity index (χ2v) is 5.94. The number of carbonyl (C=O) groups is 1. The molecule has 104 valence electrons. The van der Waals surface area contributed by atoms with Crippen LogP contribution in [0.5, 0.6) is 5.75 Å². The van der Waals surface area contributed by atoms with Crippen molar-refractivity contribution in [2.24, 2.45) is 0 Å². The minimum atomic E-state index is -0.619. The third-order valence-electron chi connectivity index (χ3n) is 2.68. The van der Waals surface area contributed by atoms with Crippen LogP contribution in [-0.2, 0) is 0 Å². The zero-order chi connectivity index (χ0) is 14.7. The van der Waals surface area contributed by atoms with Gasteiger partial charge in [-0.2, -0.15) is 0 Å². The molecule has 2 rings (SSSR count). The monoisotopic (exact) mass is 372 g/mol. The fourth-order valence-corrected chi connectivity index (χ4v) is 2.66. The van der Waals surface area contributed by atoms with Gasteiger partial charge in [-0.3, -0.25) is 4.79 Å². The molecule has 0 spiro atoms. The first-order chi connectivity index (χ1) is 9.47. The van der Waals surface area contributed by atoms with E-state index in [0.29, 0.717) is 25.8 Å². The third-order valence-corrected chi connectivity index (χ3v) is 3.77. The van der Waals surface area contributed by atoms with Crippen LogP contribution in [-0.4, -0.2) is 11.9 Å². The zero-order valence-electron chi connectivity index (χ0n) is 10.6. The lowest BCUT2D eigenvalue weighted by Gasteiger charge is -2.15. The van der Waals surface area contributed by atoms with E-state index in [2.05, 4.69) is 15.9 Å². The van der Waals surface area contributed by atoms with Crippen LogP contribution in [0.1, 0.15) is 17.3 Å². The Balaban J connectivity index is 2.15. The van der Waals surface area contributed by atoms with Gasteiger partial charge in [-0.25, -0.2) is 0 Å². The molecule has 0 amide bonds. The van der Waals surface area contributed by atoms with Crippen molar-refractivity contribution in [3.63, 3.8) is 0 Å². The molecule has 0 N–H and O–H groups in total. The van der Waals surface area contributed by atoms with Crippen molar-refractivity contribution in [1.82, 2.24) is 0 Å².